The lowest BCUT2D eigenvalue weighted by Gasteiger charge is -2.32. The second-order valence-electron chi connectivity index (χ2n) is 5.44. The molecule has 1 aromatic carbocycles. The summed E-state index contributed by atoms with van der Waals surface area (Å²) in [6.07, 6.45) is 1.05. The lowest BCUT2D eigenvalue weighted by atomic mass is 10.2. The van der Waals surface area contributed by atoms with E-state index in [0.29, 0.717) is 24.0 Å². The Kier molecular flexibility index (Phi) is 5.23. The number of aromatic nitrogens is 1. The third kappa shape index (κ3) is 4.51. The Bertz CT molecular complexity index is 649. The SMILES string of the molecule is O=C(Nc1ccc(Cl)nc1)C1CN(Cc2ccccc2)CCO1. The molecule has 2 aromatic rings. The first-order chi connectivity index (χ1) is 11.2. The molecule has 1 unspecified atom stereocenters. The Morgan fingerprint density at radius 3 is 2.87 bits per heavy atom. The van der Waals surface area contributed by atoms with Crippen molar-refractivity contribution in [1.29, 1.82) is 0 Å². The number of amides is 1. The molecule has 23 heavy (non-hydrogen) atoms. The summed E-state index contributed by atoms with van der Waals surface area (Å²) >= 11 is 5.74. The Morgan fingerprint density at radius 2 is 2.13 bits per heavy atom. The maximum Gasteiger partial charge on any atom is 0.254 e. The second-order valence-corrected chi connectivity index (χ2v) is 5.83. The summed E-state index contributed by atoms with van der Waals surface area (Å²) in [5, 5.41) is 3.21. The minimum absolute atomic E-state index is 0.160. The summed E-state index contributed by atoms with van der Waals surface area (Å²) in [6, 6.07) is 13.6. The zero-order valence-corrected chi connectivity index (χ0v) is 13.4. The molecule has 0 saturated carbocycles. The van der Waals surface area contributed by atoms with E-state index in [4.69, 9.17) is 16.3 Å². The minimum atomic E-state index is -0.483. The molecule has 120 valence electrons. The number of benzene rings is 1. The summed E-state index contributed by atoms with van der Waals surface area (Å²) < 4.78 is 5.60. The first kappa shape index (κ1) is 15.9. The summed E-state index contributed by atoms with van der Waals surface area (Å²) in [5.41, 5.74) is 1.85. The molecular formula is C17H18ClN3O2. The Labute approximate surface area is 140 Å². The van der Waals surface area contributed by atoms with Gasteiger partial charge in [0.15, 0.2) is 0 Å². The molecule has 1 N–H and O–H groups in total. The van der Waals surface area contributed by atoms with Crippen molar-refractivity contribution in [1.82, 2.24) is 9.88 Å². The molecule has 0 spiro atoms. The van der Waals surface area contributed by atoms with Crippen LogP contribution in [-0.4, -0.2) is 41.6 Å². The number of hydrogen-bond acceptors (Lipinski definition) is 4. The fourth-order valence-electron chi connectivity index (χ4n) is 2.52. The minimum Gasteiger partial charge on any atom is -0.366 e. The lowest BCUT2D eigenvalue weighted by Crippen LogP contribution is -2.47. The highest BCUT2D eigenvalue weighted by Gasteiger charge is 2.26. The molecule has 0 bridgehead atoms. The zero-order chi connectivity index (χ0) is 16.1. The van der Waals surface area contributed by atoms with Gasteiger partial charge < -0.3 is 10.1 Å². The smallest absolute Gasteiger partial charge is 0.254 e. The number of pyridine rings is 1. The Morgan fingerprint density at radius 1 is 1.30 bits per heavy atom. The van der Waals surface area contributed by atoms with Crippen LogP contribution < -0.4 is 5.32 Å². The van der Waals surface area contributed by atoms with E-state index in [9.17, 15) is 4.79 Å². The molecule has 2 heterocycles. The summed E-state index contributed by atoms with van der Waals surface area (Å²) in [7, 11) is 0. The van der Waals surface area contributed by atoms with Gasteiger partial charge in [-0.25, -0.2) is 4.98 Å². The van der Waals surface area contributed by atoms with Gasteiger partial charge in [-0.1, -0.05) is 41.9 Å². The van der Waals surface area contributed by atoms with Crippen LogP contribution in [0.2, 0.25) is 5.15 Å². The van der Waals surface area contributed by atoms with Gasteiger partial charge in [0, 0.05) is 19.6 Å². The van der Waals surface area contributed by atoms with E-state index in [1.165, 1.54) is 11.8 Å². The second kappa shape index (κ2) is 7.55. The van der Waals surface area contributed by atoms with Crippen LogP contribution in [0, 0.1) is 0 Å². The first-order valence-corrected chi connectivity index (χ1v) is 7.89. The van der Waals surface area contributed by atoms with E-state index < -0.39 is 6.10 Å². The first-order valence-electron chi connectivity index (χ1n) is 7.51. The van der Waals surface area contributed by atoms with Crippen molar-refractivity contribution in [3.63, 3.8) is 0 Å². The van der Waals surface area contributed by atoms with Crippen molar-refractivity contribution in [3.8, 4) is 0 Å². The normalized spacial score (nSPS) is 18.6. The quantitative estimate of drug-likeness (QED) is 0.875. The van der Waals surface area contributed by atoms with Gasteiger partial charge in [0.05, 0.1) is 18.5 Å². The maximum atomic E-state index is 12.3. The van der Waals surface area contributed by atoms with Crippen LogP contribution in [-0.2, 0) is 16.1 Å². The van der Waals surface area contributed by atoms with Gasteiger partial charge in [-0.2, -0.15) is 0 Å². The van der Waals surface area contributed by atoms with Crippen molar-refractivity contribution >= 4 is 23.2 Å². The molecule has 1 fully saturated rings. The molecule has 3 rings (SSSR count). The molecule has 1 atom stereocenters. The summed E-state index contributed by atoms with van der Waals surface area (Å²) in [4.78, 5) is 18.5. The highest BCUT2D eigenvalue weighted by molar-refractivity contribution is 6.29. The van der Waals surface area contributed by atoms with Crippen molar-refractivity contribution in [2.75, 3.05) is 25.0 Å². The fourth-order valence-corrected chi connectivity index (χ4v) is 2.63. The Balaban J connectivity index is 1.57. The number of morpholine rings is 1. The van der Waals surface area contributed by atoms with Gasteiger partial charge in [0.1, 0.15) is 11.3 Å². The third-order valence-electron chi connectivity index (χ3n) is 3.69. The predicted molar refractivity (Wildman–Crippen MR) is 89.3 cm³/mol. The van der Waals surface area contributed by atoms with E-state index in [2.05, 4.69) is 27.3 Å². The monoisotopic (exact) mass is 331 g/mol. The topological polar surface area (TPSA) is 54.5 Å². The van der Waals surface area contributed by atoms with E-state index >= 15 is 0 Å². The van der Waals surface area contributed by atoms with E-state index in [0.717, 1.165) is 13.1 Å². The van der Waals surface area contributed by atoms with Crippen LogP contribution in [0.5, 0.6) is 0 Å². The van der Waals surface area contributed by atoms with Gasteiger partial charge >= 0.3 is 0 Å². The third-order valence-corrected chi connectivity index (χ3v) is 3.91. The average Bonchev–Trinajstić information content (AvgIpc) is 2.58. The highest BCUT2D eigenvalue weighted by Crippen LogP contribution is 2.14. The van der Waals surface area contributed by atoms with E-state index in [1.807, 2.05) is 18.2 Å². The molecule has 1 aliphatic heterocycles. The van der Waals surface area contributed by atoms with Gasteiger partial charge in [-0.15, -0.1) is 0 Å². The van der Waals surface area contributed by atoms with Crippen LogP contribution >= 0.6 is 11.6 Å². The summed E-state index contributed by atoms with van der Waals surface area (Å²) in [5.74, 6) is -0.160. The van der Waals surface area contributed by atoms with Crippen molar-refractivity contribution in [2.45, 2.75) is 12.6 Å². The fraction of sp³-hybridized carbons (Fsp3) is 0.294. The molecule has 1 aromatic heterocycles. The molecule has 1 aliphatic rings. The largest absolute Gasteiger partial charge is 0.366 e. The van der Waals surface area contributed by atoms with Crippen molar-refractivity contribution in [2.24, 2.45) is 0 Å². The number of hydrogen-bond donors (Lipinski definition) is 1. The Hall–Kier alpha value is -1.95. The van der Waals surface area contributed by atoms with Crippen LogP contribution in [0.25, 0.3) is 0 Å². The number of rotatable bonds is 4. The number of carbonyl (C=O) groups excluding carboxylic acids is 1. The molecule has 1 saturated heterocycles. The van der Waals surface area contributed by atoms with Gasteiger partial charge in [0.2, 0.25) is 0 Å². The van der Waals surface area contributed by atoms with Crippen molar-refractivity contribution < 1.29 is 9.53 Å². The van der Waals surface area contributed by atoms with Crippen LogP contribution in [0.1, 0.15) is 5.56 Å². The van der Waals surface area contributed by atoms with E-state index in [-0.39, 0.29) is 5.91 Å². The number of nitrogens with one attached hydrogen (secondary N) is 1. The number of ether oxygens (including phenoxy) is 1. The zero-order valence-electron chi connectivity index (χ0n) is 12.6. The highest BCUT2D eigenvalue weighted by atomic mass is 35.5. The molecule has 0 aliphatic carbocycles. The summed E-state index contributed by atoms with van der Waals surface area (Å²) in [6.45, 7) is 2.75. The number of halogens is 1. The van der Waals surface area contributed by atoms with Gasteiger partial charge in [0.25, 0.3) is 5.91 Å². The number of carbonyl (C=O) groups is 1. The maximum absolute atomic E-state index is 12.3. The van der Waals surface area contributed by atoms with Gasteiger partial charge in [-0.05, 0) is 17.7 Å². The van der Waals surface area contributed by atoms with Crippen LogP contribution in [0.4, 0.5) is 5.69 Å². The molecule has 1 amide bonds. The predicted octanol–water partition coefficient (Wildman–Crippen LogP) is 2.57. The average molecular weight is 332 g/mol. The van der Waals surface area contributed by atoms with E-state index in [1.54, 1.807) is 12.1 Å². The number of nitrogens with zero attached hydrogens (tertiary/aromatic N) is 2. The van der Waals surface area contributed by atoms with Crippen molar-refractivity contribution in [3.05, 3.63) is 59.4 Å². The standard InChI is InChI=1S/C17H18ClN3O2/c18-16-7-6-14(10-19-16)20-17(22)15-12-21(8-9-23-15)11-13-4-2-1-3-5-13/h1-7,10,15H,8-9,11-12H2,(H,20,22). The van der Waals surface area contributed by atoms with Gasteiger partial charge in [-0.3, -0.25) is 9.69 Å². The number of anilines is 1. The molecule has 6 heteroatoms. The van der Waals surface area contributed by atoms with Crippen LogP contribution in [0.3, 0.4) is 0 Å². The molecule has 5 nitrogen and oxygen atoms in total. The van der Waals surface area contributed by atoms with Crippen LogP contribution in [0.15, 0.2) is 48.7 Å². The molecular weight excluding hydrogens is 314 g/mol. The lowest BCUT2D eigenvalue weighted by molar-refractivity contribution is -0.133. The molecule has 0 radical (unpaired) electrons.